The third kappa shape index (κ3) is 16.7. The predicted octanol–water partition coefficient (Wildman–Crippen LogP) is 3.45. The molecule has 1 atom stereocenters. The highest BCUT2D eigenvalue weighted by Crippen LogP contribution is 2.43. The molecule has 0 saturated carbocycles. The van der Waals surface area contributed by atoms with E-state index in [2.05, 4.69) is 6.92 Å². The van der Waals surface area contributed by atoms with Crippen LogP contribution in [0.1, 0.15) is 45.4 Å². The first-order chi connectivity index (χ1) is 10.7. The van der Waals surface area contributed by atoms with Crippen molar-refractivity contribution in [2.24, 2.45) is 0 Å². The van der Waals surface area contributed by atoms with Gasteiger partial charge in [0.1, 0.15) is 13.2 Å². The molecule has 0 aliphatic carbocycles. The van der Waals surface area contributed by atoms with E-state index in [1.807, 2.05) is 21.1 Å². The van der Waals surface area contributed by atoms with Crippen LogP contribution in [0.4, 0.5) is 0 Å². The largest absolute Gasteiger partial charge is 0.472 e. The SMILES string of the molecule is CCCCCCCC(=O)SCCOP(=O)(O)OCC[N+](C)(C)C. The van der Waals surface area contributed by atoms with Gasteiger partial charge in [-0.25, -0.2) is 4.57 Å². The van der Waals surface area contributed by atoms with E-state index in [0.717, 1.165) is 24.6 Å². The number of thioether (sulfide) groups is 1. The number of phosphoric ester groups is 1. The van der Waals surface area contributed by atoms with Crippen molar-refractivity contribution < 1.29 is 27.8 Å². The fourth-order valence-electron chi connectivity index (χ4n) is 1.72. The van der Waals surface area contributed by atoms with Crippen molar-refractivity contribution in [3.63, 3.8) is 0 Å². The molecule has 0 aromatic rings. The zero-order chi connectivity index (χ0) is 17.8. The van der Waals surface area contributed by atoms with Gasteiger partial charge in [0.2, 0.25) is 0 Å². The van der Waals surface area contributed by atoms with E-state index in [1.54, 1.807) is 0 Å². The van der Waals surface area contributed by atoms with Gasteiger partial charge >= 0.3 is 7.82 Å². The highest BCUT2D eigenvalue weighted by atomic mass is 32.2. The summed E-state index contributed by atoms with van der Waals surface area (Å²) in [4.78, 5) is 21.1. The van der Waals surface area contributed by atoms with Crippen molar-refractivity contribution in [1.82, 2.24) is 0 Å². The number of nitrogens with zero attached hydrogens (tertiary/aromatic N) is 1. The minimum Gasteiger partial charge on any atom is -0.329 e. The third-order valence-electron chi connectivity index (χ3n) is 3.10. The molecule has 0 aromatic heterocycles. The van der Waals surface area contributed by atoms with Gasteiger partial charge in [-0.3, -0.25) is 13.8 Å². The fraction of sp³-hybridized carbons (Fsp3) is 0.933. The molecule has 6 nitrogen and oxygen atoms in total. The molecule has 0 saturated heterocycles. The molecule has 0 rings (SSSR count). The molecule has 0 bridgehead atoms. The smallest absolute Gasteiger partial charge is 0.329 e. The van der Waals surface area contributed by atoms with Gasteiger partial charge in [-0.05, 0) is 6.42 Å². The van der Waals surface area contributed by atoms with Crippen LogP contribution >= 0.6 is 19.6 Å². The second kappa shape index (κ2) is 12.5. The van der Waals surface area contributed by atoms with Gasteiger partial charge in [0.25, 0.3) is 0 Å². The van der Waals surface area contributed by atoms with E-state index in [0.29, 0.717) is 23.2 Å². The molecule has 0 spiro atoms. The first-order valence-electron chi connectivity index (χ1n) is 8.24. The van der Waals surface area contributed by atoms with E-state index in [9.17, 15) is 14.3 Å². The van der Waals surface area contributed by atoms with Gasteiger partial charge in [-0.1, -0.05) is 44.4 Å². The third-order valence-corrected chi connectivity index (χ3v) is 5.02. The Kier molecular flexibility index (Phi) is 12.5. The topological polar surface area (TPSA) is 72.8 Å². The minimum atomic E-state index is -4.01. The number of hydrogen-bond acceptors (Lipinski definition) is 5. The maximum atomic E-state index is 11.6. The molecule has 0 aliphatic rings. The molecule has 1 unspecified atom stereocenters. The molecule has 0 fully saturated rings. The molecule has 0 amide bonds. The van der Waals surface area contributed by atoms with Crippen molar-refractivity contribution in [2.45, 2.75) is 45.4 Å². The van der Waals surface area contributed by atoms with Gasteiger partial charge in [-0.15, -0.1) is 0 Å². The predicted molar refractivity (Wildman–Crippen MR) is 95.5 cm³/mol. The van der Waals surface area contributed by atoms with Gasteiger partial charge in [0.05, 0.1) is 27.7 Å². The number of carbonyl (C=O) groups excluding carboxylic acids is 1. The Hall–Kier alpha value is 0.0900. The zero-order valence-electron chi connectivity index (χ0n) is 15.0. The molecule has 0 heterocycles. The van der Waals surface area contributed by atoms with Gasteiger partial charge < -0.3 is 9.38 Å². The molecule has 1 N–H and O–H groups in total. The highest BCUT2D eigenvalue weighted by Gasteiger charge is 2.22. The Morgan fingerprint density at radius 3 is 2.30 bits per heavy atom. The lowest BCUT2D eigenvalue weighted by Gasteiger charge is -2.23. The summed E-state index contributed by atoms with van der Waals surface area (Å²) in [7, 11) is 1.90. The molecule has 23 heavy (non-hydrogen) atoms. The average molecular weight is 370 g/mol. The monoisotopic (exact) mass is 370 g/mol. The van der Waals surface area contributed by atoms with Crippen LogP contribution in [0.2, 0.25) is 0 Å². The molecule has 8 heteroatoms. The number of unbranched alkanes of at least 4 members (excludes halogenated alkanes) is 4. The highest BCUT2D eigenvalue weighted by molar-refractivity contribution is 8.13. The standard InChI is InChI=1S/C15H32NO5PS/c1-5-6-7-8-9-10-15(17)23-14-13-21-22(18,19)20-12-11-16(2,3)4/h5-14H2,1-4H3/p+1. The second-order valence-corrected chi connectivity index (χ2v) is 9.14. The molecular weight excluding hydrogens is 337 g/mol. The van der Waals surface area contributed by atoms with Gasteiger partial charge in [-0.2, -0.15) is 0 Å². The van der Waals surface area contributed by atoms with Crippen LogP contribution in [0.25, 0.3) is 0 Å². The fourth-order valence-corrected chi connectivity index (χ4v) is 3.24. The van der Waals surface area contributed by atoms with Crippen LogP contribution in [0.15, 0.2) is 0 Å². The summed E-state index contributed by atoms with van der Waals surface area (Å²) >= 11 is 1.15. The van der Waals surface area contributed by atoms with Crippen molar-refractivity contribution in [3.8, 4) is 0 Å². The van der Waals surface area contributed by atoms with Gasteiger partial charge in [0.15, 0.2) is 5.12 Å². The van der Waals surface area contributed by atoms with Crippen LogP contribution in [0.3, 0.4) is 0 Å². The summed E-state index contributed by atoms with van der Waals surface area (Å²) < 4.78 is 22.0. The number of hydrogen-bond donors (Lipinski definition) is 1. The normalized spacial score (nSPS) is 14.7. The van der Waals surface area contributed by atoms with E-state index >= 15 is 0 Å². The minimum absolute atomic E-state index is 0.0321. The molecule has 0 aliphatic heterocycles. The van der Waals surface area contributed by atoms with Crippen LogP contribution in [-0.2, 0) is 18.4 Å². The molecule has 0 radical (unpaired) electrons. The Balaban J connectivity index is 3.64. The number of likely N-dealkylation sites (N-methyl/N-ethyl adjacent to an activating group) is 1. The van der Waals surface area contributed by atoms with Gasteiger partial charge in [0, 0.05) is 12.2 Å². The first-order valence-corrected chi connectivity index (χ1v) is 10.7. The quantitative estimate of drug-likeness (QED) is 0.287. The summed E-state index contributed by atoms with van der Waals surface area (Å²) in [5, 5.41) is 0.115. The zero-order valence-corrected chi connectivity index (χ0v) is 16.7. The Morgan fingerprint density at radius 2 is 1.70 bits per heavy atom. The van der Waals surface area contributed by atoms with E-state index < -0.39 is 7.82 Å². The van der Waals surface area contributed by atoms with E-state index in [-0.39, 0.29) is 18.3 Å². The van der Waals surface area contributed by atoms with Crippen molar-refractivity contribution in [2.75, 3.05) is 46.7 Å². The average Bonchev–Trinajstić information content (AvgIpc) is 2.42. The summed E-state index contributed by atoms with van der Waals surface area (Å²) in [6.07, 6.45) is 6.15. The van der Waals surface area contributed by atoms with Crippen LogP contribution in [-0.4, -0.2) is 61.1 Å². The van der Waals surface area contributed by atoms with Crippen LogP contribution in [0, 0.1) is 0 Å². The van der Waals surface area contributed by atoms with Crippen LogP contribution < -0.4 is 0 Å². The number of quaternary nitrogens is 1. The summed E-state index contributed by atoms with van der Waals surface area (Å²) in [6, 6.07) is 0. The van der Waals surface area contributed by atoms with Crippen molar-refractivity contribution in [1.29, 1.82) is 0 Å². The van der Waals surface area contributed by atoms with E-state index in [1.165, 1.54) is 19.3 Å². The second-order valence-electron chi connectivity index (χ2n) is 6.53. The lowest BCUT2D eigenvalue weighted by Crippen LogP contribution is -2.37. The van der Waals surface area contributed by atoms with Crippen molar-refractivity contribution >= 4 is 24.7 Å². The Labute approximate surface area is 145 Å². The maximum Gasteiger partial charge on any atom is 0.472 e. The molecular formula is C15H33NO5PS+. The Morgan fingerprint density at radius 1 is 1.09 bits per heavy atom. The first kappa shape index (κ1) is 23.1. The van der Waals surface area contributed by atoms with E-state index in [4.69, 9.17) is 9.05 Å². The molecule has 138 valence electrons. The maximum absolute atomic E-state index is 11.6. The lowest BCUT2D eigenvalue weighted by molar-refractivity contribution is -0.870. The number of rotatable bonds is 14. The lowest BCUT2D eigenvalue weighted by atomic mass is 10.1. The van der Waals surface area contributed by atoms with Crippen molar-refractivity contribution in [3.05, 3.63) is 0 Å². The number of phosphoric acid groups is 1. The summed E-state index contributed by atoms with van der Waals surface area (Å²) in [6.45, 7) is 2.96. The number of carbonyl (C=O) groups is 1. The summed E-state index contributed by atoms with van der Waals surface area (Å²) in [5.41, 5.74) is 0. The molecule has 0 aromatic carbocycles. The van der Waals surface area contributed by atoms with Crippen LogP contribution in [0.5, 0.6) is 0 Å². The summed E-state index contributed by atoms with van der Waals surface area (Å²) in [5.74, 6) is 0.372. The Bertz CT molecular complexity index is 373.